The minimum absolute atomic E-state index is 0.00262. The van der Waals surface area contributed by atoms with Crippen LogP contribution in [-0.4, -0.2) is 4.92 Å². The highest BCUT2D eigenvalue weighted by molar-refractivity contribution is 9.10. The number of nitrogens with zero attached hydrogens (tertiary/aromatic N) is 2. The third-order valence-corrected chi connectivity index (χ3v) is 4.69. The number of benzene rings is 3. The van der Waals surface area contributed by atoms with Crippen molar-refractivity contribution in [3.8, 4) is 11.8 Å². The van der Waals surface area contributed by atoms with Crippen molar-refractivity contribution in [3.05, 3.63) is 104 Å². The van der Waals surface area contributed by atoms with Crippen LogP contribution in [0.4, 0.5) is 10.1 Å². The lowest BCUT2D eigenvalue weighted by Crippen LogP contribution is -1.97. The average Bonchev–Trinajstić information content (AvgIpc) is 2.72. The molecule has 0 fully saturated rings. The van der Waals surface area contributed by atoms with Gasteiger partial charge in [0.25, 0.3) is 5.69 Å². The predicted octanol–water partition coefficient (Wildman–Crippen LogP) is 6.14. The molecule has 0 spiro atoms. The van der Waals surface area contributed by atoms with Crippen LogP contribution in [0.2, 0.25) is 0 Å². The molecule has 0 aromatic heterocycles. The topological polar surface area (TPSA) is 76.2 Å². The lowest BCUT2D eigenvalue weighted by Gasteiger charge is -2.09. The molecule has 3 aromatic rings. The summed E-state index contributed by atoms with van der Waals surface area (Å²) in [5.74, 6) is 0.0781. The molecule has 0 aliphatic rings. The Balaban J connectivity index is 1.78. The molecule has 0 amide bonds. The number of nitriles is 1. The summed E-state index contributed by atoms with van der Waals surface area (Å²) in [6.07, 6.45) is 1.59. The van der Waals surface area contributed by atoms with Crippen LogP contribution in [0.3, 0.4) is 0 Å². The standard InChI is InChI=1S/C22H14BrFN2O3/c23-20-12-15(10-17(13-25)19-6-1-2-7-21(19)24)8-9-22(20)29-14-16-4-3-5-18(11-16)26(27)28/h1-12H,14H2/b17-10-. The Morgan fingerprint density at radius 2 is 1.97 bits per heavy atom. The van der Waals surface area contributed by atoms with Gasteiger partial charge in [-0.15, -0.1) is 0 Å². The van der Waals surface area contributed by atoms with Gasteiger partial charge in [-0.1, -0.05) is 36.4 Å². The Morgan fingerprint density at radius 1 is 1.17 bits per heavy atom. The fraction of sp³-hybridized carbons (Fsp3) is 0.0455. The summed E-state index contributed by atoms with van der Waals surface area (Å²) in [5.41, 5.74) is 1.81. The van der Waals surface area contributed by atoms with E-state index in [1.807, 2.05) is 6.07 Å². The maximum absolute atomic E-state index is 13.9. The molecule has 0 saturated carbocycles. The molecular formula is C22H14BrFN2O3. The Kier molecular flexibility index (Phi) is 6.37. The second kappa shape index (κ2) is 9.13. The molecule has 0 aliphatic carbocycles. The van der Waals surface area contributed by atoms with Crippen LogP contribution in [0.1, 0.15) is 16.7 Å². The van der Waals surface area contributed by atoms with E-state index >= 15 is 0 Å². The van der Waals surface area contributed by atoms with Gasteiger partial charge in [-0.3, -0.25) is 10.1 Å². The minimum atomic E-state index is -0.462. The van der Waals surface area contributed by atoms with Crippen molar-refractivity contribution in [2.24, 2.45) is 0 Å². The molecule has 0 atom stereocenters. The van der Waals surface area contributed by atoms with E-state index in [-0.39, 0.29) is 23.4 Å². The van der Waals surface area contributed by atoms with E-state index in [1.54, 1.807) is 54.6 Å². The van der Waals surface area contributed by atoms with E-state index in [4.69, 9.17) is 4.74 Å². The summed E-state index contributed by atoms with van der Waals surface area (Å²) in [6, 6.07) is 19.5. The summed E-state index contributed by atoms with van der Waals surface area (Å²) >= 11 is 3.42. The second-order valence-electron chi connectivity index (χ2n) is 6.06. The van der Waals surface area contributed by atoms with Gasteiger partial charge in [0.1, 0.15) is 18.2 Å². The Hall–Kier alpha value is -3.50. The summed E-state index contributed by atoms with van der Waals surface area (Å²) < 4.78 is 20.3. The molecule has 0 heterocycles. The SMILES string of the molecule is N#C/C(=C/c1ccc(OCc2cccc([N+](=O)[O-])c2)c(Br)c1)c1ccccc1F. The van der Waals surface area contributed by atoms with Crippen LogP contribution in [0, 0.1) is 27.3 Å². The fourth-order valence-electron chi connectivity index (χ4n) is 2.66. The number of rotatable bonds is 6. The number of ether oxygens (including phenoxy) is 1. The van der Waals surface area contributed by atoms with Gasteiger partial charge in [-0.2, -0.15) is 5.26 Å². The third kappa shape index (κ3) is 5.06. The second-order valence-corrected chi connectivity index (χ2v) is 6.91. The van der Waals surface area contributed by atoms with Crippen LogP contribution in [-0.2, 0) is 6.61 Å². The lowest BCUT2D eigenvalue weighted by molar-refractivity contribution is -0.384. The number of nitro benzene ring substituents is 1. The van der Waals surface area contributed by atoms with Gasteiger partial charge in [0, 0.05) is 17.7 Å². The van der Waals surface area contributed by atoms with Crippen LogP contribution in [0.25, 0.3) is 11.6 Å². The van der Waals surface area contributed by atoms with Crippen LogP contribution >= 0.6 is 15.9 Å². The number of hydrogen-bond acceptors (Lipinski definition) is 4. The summed E-state index contributed by atoms with van der Waals surface area (Å²) in [4.78, 5) is 10.4. The zero-order valence-electron chi connectivity index (χ0n) is 15.0. The van der Waals surface area contributed by atoms with Gasteiger partial charge in [-0.05, 0) is 51.3 Å². The highest BCUT2D eigenvalue weighted by Crippen LogP contribution is 2.29. The van der Waals surface area contributed by atoms with Gasteiger partial charge < -0.3 is 4.74 Å². The first-order chi connectivity index (χ1) is 14.0. The highest BCUT2D eigenvalue weighted by atomic mass is 79.9. The number of nitro groups is 1. The van der Waals surface area contributed by atoms with Crippen molar-refractivity contribution in [2.75, 3.05) is 0 Å². The van der Waals surface area contributed by atoms with E-state index in [1.165, 1.54) is 18.2 Å². The fourth-order valence-corrected chi connectivity index (χ4v) is 3.17. The molecular weight excluding hydrogens is 439 g/mol. The highest BCUT2D eigenvalue weighted by Gasteiger charge is 2.09. The largest absolute Gasteiger partial charge is 0.488 e. The first kappa shape index (κ1) is 20.2. The third-order valence-electron chi connectivity index (χ3n) is 4.07. The van der Waals surface area contributed by atoms with Crippen LogP contribution in [0.15, 0.2) is 71.2 Å². The molecule has 5 nitrogen and oxygen atoms in total. The number of hydrogen-bond donors (Lipinski definition) is 0. The zero-order valence-corrected chi connectivity index (χ0v) is 16.6. The van der Waals surface area contributed by atoms with E-state index in [0.717, 1.165) is 0 Å². The van der Waals surface area contributed by atoms with Crippen LogP contribution < -0.4 is 4.74 Å². The van der Waals surface area contributed by atoms with Gasteiger partial charge in [0.2, 0.25) is 0 Å². The molecule has 3 rings (SSSR count). The monoisotopic (exact) mass is 452 g/mol. The van der Waals surface area contributed by atoms with Crippen molar-refractivity contribution < 1.29 is 14.1 Å². The van der Waals surface area contributed by atoms with Crippen molar-refractivity contribution in [1.29, 1.82) is 5.26 Å². The van der Waals surface area contributed by atoms with Crippen molar-refractivity contribution in [2.45, 2.75) is 6.61 Å². The quantitative estimate of drug-likeness (QED) is 0.195. The summed E-state index contributed by atoms with van der Waals surface area (Å²) in [6.45, 7) is 0.161. The Bertz CT molecular complexity index is 1140. The van der Waals surface area contributed by atoms with E-state index in [0.29, 0.717) is 21.3 Å². The van der Waals surface area contributed by atoms with Gasteiger partial charge in [0.15, 0.2) is 0 Å². The number of non-ortho nitro benzene ring substituents is 1. The molecule has 29 heavy (non-hydrogen) atoms. The first-order valence-electron chi connectivity index (χ1n) is 8.50. The molecule has 144 valence electrons. The molecule has 7 heteroatoms. The molecule has 3 aromatic carbocycles. The minimum Gasteiger partial charge on any atom is -0.488 e. The Morgan fingerprint density at radius 3 is 2.66 bits per heavy atom. The number of allylic oxidation sites excluding steroid dienone is 1. The smallest absolute Gasteiger partial charge is 0.269 e. The maximum Gasteiger partial charge on any atom is 0.269 e. The molecule has 0 saturated heterocycles. The zero-order chi connectivity index (χ0) is 20.8. The van der Waals surface area contributed by atoms with E-state index in [9.17, 15) is 19.8 Å². The Labute approximate surface area is 175 Å². The van der Waals surface area contributed by atoms with Gasteiger partial charge in [0.05, 0.1) is 21.0 Å². The van der Waals surface area contributed by atoms with Gasteiger partial charge >= 0.3 is 0 Å². The van der Waals surface area contributed by atoms with Crippen molar-refractivity contribution >= 4 is 33.3 Å². The van der Waals surface area contributed by atoms with Crippen molar-refractivity contribution in [1.82, 2.24) is 0 Å². The first-order valence-corrected chi connectivity index (χ1v) is 9.29. The maximum atomic E-state index is 13.9. The molecule has 0 aliphatic heterocycles. The van der Waals surface area contributed by atoms with E-state index < -0.39 is 10.7 Å². The van der Waals surface area contributed by atoms with Gasteiger partial charge in [-0.25, -0.2) is 4.39 Å². The molecule has 0 radical (unpaired) electrons. The molecule has 0 N–H and O–H groups in total. The molecule has 0 bridgehead atoms. The predicted molar refractivity (Wildman–Crippen MR) is 111 cm³/mol. The summed E-state index contributed by atoms with van der Waals surface area (Å²) in [5, 5.41) is 20.3. The molecule has 0 unspecified atom stereocenters. The number of halogens is 2. The summed E-state index contributed by atoms with van der Waals surface area (Å²) in [7, 11) is 0. The van der Waals surface area contributed by atoms with Crippen LogP contribution in [0.5, 0.6) is 5.75 Å². The average molecular weight is 453 g/mol. The lowest BCUT2D eigenvalue weighted by atomic mass is 10.0. The van der Waals surface area contributed by atoms with E-state index in [2.05, 4.69) is 15.9 Å². The van der Waals surface area contributed by atoms with Crippen molar-refractivity contribution in [3.63, 3.8) is 0 Å². The normalized spacial score (nSPS) is 11.0.